The number of rotatable bonds is 2. The van der Waals surface area contributed by atoms with Crippen LogP contribution >= 0.6 is 15.9 Å². The summed E-state index contributed by atoms with van der Waals surface area (Å²) in [7, 11) is -1.33. The van der Waals surface area contributed by atoms with E-state index in [4.69, 9.17) is 0 Å². The van der Waals surface area contributed by atoms with Gasteiger partial charge in [0.2, 0.25) is 0 Å². The molecule has 1 rings (SSSR count). The minimum atomic E-state index is -1.33. The van der Waals surface area contributed by atoms with Gasteiger partial charge in [0.15, 0.2) is 0 Å². The van der Waals surface area contributed by atoms with E-state index in [-0.39, 0.29) is 40.0 Å². The van der Waals surface area contributed by atoms with Gasteiger partial charge < -0.3 is 22.0 Å². The van der Waals surface area contributed by atoms with Crippen molar-refractivity contribution in [2.75, 3.05) is 0 Å². The zero-order valence-corrected chi connectivity index (χ0v) is 14.3. The third kappa shape index (κ3) is 6.45. The second kappa shape index (κ2) is 7.27. The van der Waals surface area contributed by atoms with Crippen molar-refractivity contribution in [2.24, 2.45) is 0 Å². The summed E-state index contributed by atoms with van der Waals surface area (Å²) in [6, 6.07) is 8.10. The molecule has 0 aliphatic carbocycles. The fourth-order valence-corrected chi connectivity index (χ4v) is 2.36. The Morgan fingerprint density at radius 1 is 1.14 bits per heavy atom. The number of nitrogens with zero attached hydrogens (tertiary/aromatic N) is 1. The first kappa shape index (κ1) is 17.4. The molecule has 0 atom stereocenters. The molecule has 0 saturated carbocycles. The molecule has 14 heavy (non-hydrogen) atoms. The molecule has 1 aromatic carbocycles. The third-order valence-electron chi connectivity index (χ3n) is 1.31. The predicted molar refractivity (Wildman–Crippen MR) is 66.3 cm³/mol. The molecule has 0 bridgehead atoms. The van der Waals surface area contributed by atoms with Gasteiger partial charge in [-0.25, -0.2) is 0 Å². The maximum absolute atomic E-state index is 4.68. The molecule has 0 heterocycles. The molecule has 0 fully saturated rings. The van der Waals surface area contributed by atoms with E-state index >= 15 is 0 Å². The summed E-state index contributed by atoms with van der Waals surface area (Å²) in [6.45, 7) is 6.69. The molecule has 0 saturated heterocycles. The molecule has 0 radical (unpaired) electrons. The van der Waals surface area contributed by atoms with Crippen LogP contribution in [-0.4, -0.2) is 31.3 Å². The SMILES string of the molecule is C[Si](C)(C)[N-]c1ccccc1Br.[Br-].[Mg+2]. The normalized spacial score (nSPS) is 9.71. The average Bonchev–Trinajstić information content (AvgIpc) is 1.91. The summed E-state index contributed by atoms with van der Waals surface area (Å²) in [5.41, 5.74) is 1.08. The van der Waals surface area contributed by atoms with Crippen LogP contribution in [0.4, 0.5) is 5.69 Å². The maximum Gasteiger partial charge on any atom is 2.00 e. The van der Waals surface area contributed by atoms with Crippen LogP contribution in [0.5, 0.6) is 0 Å². The van der Waals surface area contributed by atoms with E-state index < -0.39 is 8.24 Å². The van der Waals surface area contributed by atoms with Gasteiger partial charge in [0.25, 0.3) is 0 Å². The van der Waals surface area contributed by atoms with Crippen molar-refractivity contribution in [1.29, 1.82) is 0 Å². The van der Waals surface area contributed by atoms with E-state index in [9.17, 15) is 0 Å². The quantitative estimate of drug-likeness (QED) is 0.707. The number of hydrogen-bond donors (Lipinski definition) is 0. The van der Waals surface area contributed by atoms with Gasteiger partial charge in [-0.3, -0.25) is 0 Å². The van der Waals surface area contributed by atoms with E-state index in [0.29, 0.717) is 0 Å². The van der Waals surface area contributed by atoms with Crippen molar-refractivity contribution in [3.8, 4) is 0 Å². The number of halogens is 2. The molecule has 0 N–H and O–H groups in total. The Morgan fingerprint density at radius 3 is 2.07 bits per heavy atom. The van der Waals surface area contributed by atoms with Gasteiger partial charge in [0.05, 0.1) is 0 Å². The Balaban J connectivity index is 0. The van der Waals surface area contributed by atoms with Gasteiger partial charge in [-0.15, -0.1) is 5.69 Å². The van der Waals surface area contributed by atoms with Crippen molar-refractivity contribution >= 4 is 52.9 Å². The molecule has 0 aliphatic rings. The van der Waals surface area contributed by atoms with E-state index in [1.165, 1.54) is 0 Å². The maximum atomic E-state index is 4.68. The largest absolute Gasteiger partial charge is 2.00 e. The van der Waals surface area contributed by atoms with Crippen molar-refractivity contribution in [2.45, 2.75) is 19.6 Å². The van der Waals surface area contributed by atoms with Gasteiger partial charge in [-0.2, -0.15) is 0 Å². The Labute approximate surface area is 122 Å². The van der Waals surface area contributed by atoms with E-state index in [1.54, 1.807) is 0 Å². The monoisotopic (exact) mass is 345 g/mol. The van der Waals surface area contributed by atoms with Crippen LogP contribution in [0, 0.1) is 0 Å². The third-order valence-corrected chi connectivity index (χ3v) is 2.89. The van der Waals surface area contributed by atoms with Crippen molar-refractivity contribution in [1.82, 2.24) is 0 Å². The molecule has 0 aliphatic heterocycles. The van der Waals surface area contributed by atoms with Gasteiger partial charge in [0.1, 0.15) is 0 Å². The van der Waals surface area contributed by atoms with Gasteiger partial charge in [-0.05, 0) is 14.3 Å². The van der Waals surface area contributed by atoms with Crippen molar-refractivity contribution in [3.63, 3.8) is 0 Å². The van der Waals surface area contributed by atoms with Crippen molar-refractivity contribution in [3.05, 3.63) is 33.7 Å². The van der Waals surface area contributed by atoms with Crippen LogP contribution in [0.2, 0.25) is 19.6 Å². The Hall–Kier alpha value is 0.963. The van der Waals surface area contributed by atoms with Crippen molar-refractivity contribution < 1.29 is 17.0 Å². The number of benzene rings is 1. The summed E-state index contributed by atoms with van der Waals surface area (Å²) in [6.07, 6.45) is 0. The van der Waals surface area contributed by atoms with Crippen LogP contribution in [0.3, 0.4) is 0 Å². The smallest absolute Gasteiger partial charge is 1.00 e. The molecule has 74 valence electrons. The summed E-state index contributed by atoms with van der Waals surface area (Å²) >= 11 is 3.48. The van der Waals surface area contributed by atoms with Gasteiger partial charge in [0, 0.05) is 4.47 Å². The zero-order chi connectivity index (χ0) is 9.19. The minimum Gasteiger partial charge on any atom is -1.00 e. The van der Waals surface area contributed by atoms with E-state index in [0.717, 1.165) is 10.2 Å². The molecular formula is C9H13Br2MgNSi. The second-order valence-electron chi connectivity index (χ2n) is 3.73. The predicted octanol–water partition coefficient (Wildman–Crippen LogP) is 0.912. The molecule has 0 amide bonds. The zero-order valence-electron chi connectivity index (χ0n) is 8.72. The first-order valence-electron chi connectivity index (χ1n) is 3.96. The average molecular weight is 347 g/mol. The second-order valence-corrected chi connectivity index (χ2v) is 9.15. The first-order valence-corrected chi connectivity index (χ1v) is 8.20. The van der Waals surface area contributed by atoms with Crippen LogP contribution in [0.15, 0.2) is 28.7 Å². The summed E-state index contributed by atoms with van der Waals surface area (Å²) in [4.78, 5) is 4.68. The van der Waals surface area contributed by atoms with Crippen LogP contribution in [0.1, 0.15) is 0 Å². The fourth-order valence-electron chi connectivity index (χ4n) is 0.904. The summed E-state index contributed by atoms with van der Waals surface area (Å²) < 4.78 is 1.09. The molecule has 1 aromatic rings. The minimum absolute atomic E-state index is 0. The fraction of sp³-hybridized carbons (Fsp3) is 0.333. The van der Waals surface area contributed by atoms with Gasteiger partial charge >= 0.3 is 23.1 Å². The van der Waals surface area contributed by atoms with Crippen LogP contribution in [-0.2, 0) is 0 Å². The molecule has 0 aromatic heterocycles. The van der Waals surface area contributed by atoms with Gasteiger partial charge in [-0.1, -0.05) is 53.8 Å². The molecule has 1 nitrogen and oxygen atoms in total. The van der Waals surface area contributed by atoms with E-state index in [1.807, 2.05) is 24.3 Å². The molecule has 0 spiro atoms. The van der Waals surface area contributed by atoms with Crippen LogP contribution < -0.4 is 17.0 Å². The standard InChI is InChI=1S/C9H13BrNSi.BrH.Mg/c1-12(2,3)11-9-7-5-4-6-8(9)10;;/h4-7H,1-3H3;1H;/q-1;;+2/p-1. The Bertz CT molecular complexity index is 276. The number of hydrogen-bond acceptors (Lipinski definition) is 0. The Kier molecular flexibility index (Phi) is 9.02. The summed E-state index contributed by atoms with van der Waals surface area (Å²) in [5.74, 6) is 0. The first-order chi connectivity index (χ1) is 5.49. The molecule has 5 heteroatoms. The van der Waals surface area contributed by atoms with Crippen LogP contribution in [0.25, 0.3) is 4.98 Å². The topological polar surface area (TPSA) is 14.1 Å². The van der Waals surface area contributed by atoms with E-state index in [2.05, 4.69) is 40.6 Å². The Morgan fingerprint density at radius 2 is 1.64 bits per heavy atom. The molecular weight excluding hydrogens is 334 g/mol. The summed E-state index contributed by atoms with van der Waals surface area (Å²) in [5, 5.41) is 0. The molecule has 0 unspecified atom stereocenters.